The number of rotatable bonds is 1. The number of anilines is 2. The Morgan fingerprint density at radius 1 is 1.07 bits per heavy atom. The fraction of sp³-hybridized carbons (Fsp3) is 0.500. The van der Waals surface area contributed by atoms with Crippen LogP contribution < -0.4 is 10.6 Å². The molecular weight excluding hydrogens is 208 g/mol. The highest BCUT2D eigenvalue weighted by atomic mass is 35.5. The summed E-state index contributed by atoms with van der Waals surface area (Å²) in [5, 5.41) is 0.647. The van der Waals surface area contributed by atoms with E-state index in [2.05, 4.69) is 11.0 Å². The standard InChI is InChI=1S/C12H17ClN2/c13-11-6-5-10(9-12(11)14)15-7-3-1-2-4-8-15/h5-6,9H,1-4,7-8,14H2. The molecule has 2 rings (SSSR count). The Hall–Kier alpha value is -0.890. The van der Waals surface area contributed by atoms with Crippen molar-refractivity contribution in [2.24, 2.45) is 0 Å². The van der Waals surface area contributed by atoms with Crippen molar-refractivity contribution in [3.05, 3.63) is 23.2 Å². The van der Waals surface area contributed by atoms with Crippen LogP contribution in [-0.2, 0) is 0 Å². The monoisotopic (exact) mass is 224 g/mol. The Morgan fingerprint density at radius 3 is 2.33 bits per heavy atom. The van der Waals surface area contributed by atoms with Gasteiger partial charge in [0, 0.05) is 18.8 Å². The van der Waals surface area contributed by atoms with Gasteiger partial charge in [-0.05, 0) is 31.0 Å². The quantitative estimate of drug-likeness (QED) is 0.742. The highest BCUT2D eigenvalue weighted by Gasteiger charge is 2.10. The Bertz CT molecular complexity index is 330. The molecule has 1 saturated heterocycles. The minimum atomic E-state index is 0.647. The number of halogens is 1. The third-order valence-electron chi connectivity index (χ3n) is 2.95. The van der Waals surface area contributed by atoms with Gasteiger partial charge >= 0.3 is 0 Å². The second-order valence-electron chi connectivity index (χ2n) is 4.11. The van der Waals surface area contributed by atoms with Crippen molar-refractivity contribution >= 4 is 23.0 Å². The molecule has 1 fully saturated rings. The topological polar surface area (TPSA) is 29.3 Å². The SMILES string of the molecule is Nc1cc(N2CCCCCC2)ccc1Cl. The molecule has 1 aliphatic heterocycles. The molecule has 15 heavy (non-hydrogen) atoms. The summed E-state index contributed by atoms with van der Waals surface area (Å²) in [6, 6.07) is 5.93. The fourth-order valence-corrected chi connectivity index (χ4v) is 2.17. The number of nitrogens with two attached hydrogens (primary N) is 1. The fourth-order valence-electron chi connectivity index (χ4n) is 2.06. The molecule has 2 nitrogen and oxygen atoms in total. The van der Waals surface area contributed by atoms with E-state index in [9.17, 15) is 0 Å². The normalized spacial score (nSPS) is 17.5. The second-order valence-corrected chi connectivity index (χ2v) is 4.51. The van der Waals surface area contributed by atoms with Crippen LogP contribution in [0.1, 0.15) is 25.7 Å². The minimum absolute atomic E-state index is 0.647. The molecule has 0 aromatic heterocycles. The number of hydrogen-bond donors (Lipinski definition) is 1. The zero-order chi connectivity index (χ0) is 10.7. The molecule has 0 radical (unpaired) electrons. The first kappa shape index (κ1) is 10.6. The molecule has 1 aromatic carbocycles. The third-order valence-corrected chi connectivity index (χ3v) is 3.29. The maximum absolute atomic E-state index is 5.91. The van der Waals surface area contributed by atoms with E-state index in [-0.39, 0.29) is 0 Å². The maximum Gasteiger partial charge on any atom is 0.0636 e. The summed E-state index contributed by atoms with van der Waals surface area (Å²) in [4.78, 5) is 2.40. The summed E-state index contributed by atoms with van der Waals surface area (Å²) in [5.41, 5.74) is 7.69. The summed E-state index contributed by atoms with van der Waals surface area (Å²) in [6.07, 6.45) is 5.25. The van der Waals surface area contributed by atoms with Gasteiger partial charge in [-0.25, -0.2) is 0 Å². The van der Waals surface area contributed by atoms with Crippen LogP contribution in [0.4, 0.5) is 11.4 Å². The van der Waals surface area contributed by atoms with Crippen LogP contribution in [-0.4, -0.2) is 13.1 Å². The van der Waals surface area contributed by atoms with E-state index >= 15 is 0 Å². The molecule has 1 heterocycles. The van der Waals surface area contributed by atoms with Gasteiger partial charge in [0.25, 0.3) is 0 Å². The number of hydrogen-bond acceptors (Lipinski definition) is 2. The van der Waals surface area contributed by atoms with Gasteiger partial charge in [0.2, 0.25) is 0 Å². The molecule has 82 valence electrons. The maximum atomic E-state index is 5.91. The van der Waals surface area contributed by atoms with Crippen molar-refractivity contribution in [3.63, 3.8) is 0 Å². The zero-order valence-electron chi connectivity index (χ0n) is 8.88. The summed E-state index contributed by atoms with van der Waals surface area (Å²) >= 11 is 5.91. The Kier molecular flexibility index (Phi) is 3.37. The van der Waals surface area contributed by atoms with Gasteiger partial charge in [0.15, 0.2) is 0 Å². The number of nitrogens with zero attached hydrogens (tertiary/aromatic N) is 1. The van der Waals surface area contributed by atoms with E-state index in [4.69, 9.17) is 17.3 Å². The first-order valence-corrected chi connectivity index (χ1v) is 5.95. The Balaban J connectivity index is 2.16. The van der Waals surface area contributed by atoms with Gasteiger partial charge in [0.05, 0.1) is 10.7 Å². The highest BCUT2D eigenvalue weighted by molar-refractivity contribution is 6.33. The second kappa shape index (κ2) is 4.75. The van der Waals surface area contributed by atoms with Gasteiger partial charge < -0.3 is 10.6 Å². The lowest BCUT2D eigenvalue weighted by molar-refractivity contribution is 0.726. The average Bonchev–Trinajstić information content (AvgIpc) is 2.50. The van der Waals surface area contributed by atoms with E-state index < -0.39 is 0 Å². The predicted molar refractivity (Wildman–Crippen MR) is 66.5 cm³/mol. The van der Waals surface area contributed by atoms with E-state index in [0.717, 1.165) is 13.1 Å². The molecule has 0 aliphatic carbocycles. The molecule has 0 spiro atoms. The molecular formula is C12H17ClN2. The van der Waals surface area contributed by atoms with Crippen LogP contribution in [0.25, 0.3) is 0 Å². The van der Waals surface area contributed by atoms with Crippen molar-refractivity contribution in [1.29, 1.82) is 0 Å². The molecule has 3 heteroatoms. The molecule has 0 atom stereocenters. The van der Waals surface area contributed by atoms with E-state index in [0.29, 0.717) is 10.7 Å². The molecule has 1 aliphatic rings. The van der Waals surface area contributed by atoms with E-state index in [1.54, 1.807) is 0 Å². The van der Waals surface area contributed by atoms with Gasteiger partial charge in [-0.2, -0.15) is 0 Å². The van der Waals surface area contributed by atoms with Gasteiger partial charge in [-0.1, -0.05) is 24.4 Å². The number of benzene rings is 1. The van der Waals surface area contributed by atoms with Crippen LogP contribution in [0.2, 0.25) is 5.02 Å². The lowest BCUT2D eigenvalue weighted by atomic mass is 10.2. The van der Waals surface area contributed by atoms with Gasteiger partial charge in [0.1, 0.15) is 0 Å². The highest BCUT2D eigenvalue weighted by Crippen LogP contribution is 2.26. The van der Waals surface area contributed by atoms with Crippen LogP contribution in [0.15, 0.2) is 18.2 Å². The first-order valence-electron chi connectivity index (χ1n) is 5.57. The van der Waals surface area contributed by atoms with Crippen molar-refractivity contribution in [2.45, 2.75) is 25.7 Å². The van der Waals surface area contributed by atoms with Crippen molar-refractivity contribution in [1.82, 2.24) is 0 Å². The van der Waals surface area contributed by atoms with E-state index in [1.165, 1.54) is 31.4 Å². The summed E-state index contributed by atoms with van der Waals surface area (Å²) in [7, 11) is 0. The smallest absolute Gasteiger partial charge is 0.0636 e. The minimum Gasteiger partial charge on any atom is -0.397 e. The van der Waals surface area contributed by atoms with Gasteiger partial charge in [-0.3, -0.25) is 0 Å². The number of nitrogen functional groups attached to an aromatic ring is 1. The Labute approximate surface area is 96.0 Å². The third kappa shape index (κ3) is 2.57. The first-order chi connectivity index (χ1) is 7.27. The van der Waals surface area contributed by atoms with Crippen molar-refractivity contribution in [2.75, 3.05) is 23.7 Å². The largest absolute Gasteiger partial charge is 0.397 e. The van der Waals surface area contributed by atoms with Gasteiger partial charge in [-0.15, -0.1) is 0 Å². The summed E-state index contributed by atoms with van der Waals surface area (Å²) in [5.74, 6) is 0. The van der Waals surface area contributed by atoms with Crippen LogP contribution in [0, 0.1) is 0 Å². The molecule has 0 bridgehead atoms. The molecule has 1 aromatic rings. The van der Waals surface area contributed by atoms with Crippen LogP contribution in [0.5, 0.6) is 0 Å². The average molecular weight is 225 g/mol. The van der Waals surface area contributed by atoms with Crippen LogP contribution >= 0.6 is 11.6 Å². The Morgan fingerprint density at radius 2 is 1.73 bits per heavy atom. The molecule has 0 saturated carbocycles. The lowest BCUT2D eigenvalue weighted by Gasteiger charge is -2.23. The summed E-state index contributed by atoms with van der Waals surface area (Å²) in [6.45, 7) is 2.28. The molecule has 0 amide bonds. The van der Waals surface area contributed by atoms with Crippen LogP contribution in [0.3, 0.4) is 0 Å². The van der Waals surface area contributed by atoms with Crippen molar-refractivity contribution < 1.29 is 0 Å². The molecule has 0 unspecified atom stereocenters. The summed E-state index contributed by atoms with van der Waals surface area (Å²) < 4.78 is 0. The van der Waals surface area contributed by atoms with Crippen molar-refractivity contribution in [3.8, 4) is 0 Å². The van der Waals surface area contributed by atoms with E-state index in [1.807, 2.05) is 12.1 Å². The molecule has 2 N–H and O–H groups in total. The zero-order valence-corrected chi connectivity index (χ0v) is 9.63. The predicted octanol–water partition coefficient (Wildman–Crippen LogP) is 3.30. The lowest BCUT2D eigenvalue weighted by Crippen LogP contribution is -2.23.